The summed E-state index contributed by atoms with van der Waals surface area (Å²) in [5.74, 6) is -0.979. The van der Waals surface area contributed by atoms with E-state index in [1.165, 1.54) is 0 Å². The highest BCUT2D eigenvalue weighted by Gasteiger charge is 1.97. The van der Waals surface area contributed by atoms with Gasteiger partial charge in [-0.2, -0.15) is 0 Å². The van der Waals surface area contributed by atoms with Crippen LogP contribution in [0.5, 0.6) is 0 Å². The predicted molar refractivity (Wildman–Crippen MR) is 129 cm³/mol. The fourth-order valence-electron chi connectivity index (χ4n) is 2.05. The van der Waals surface area contributed by atoms with Crippen molar-refractivity contribution in [3.8, 4) is 0 Å². The molecule has 0 amide bonds. The Labute approximate surface area is 189 Å². The van der Waals surface area contributed by atoms with E-state index in [0.29, 0.717) is 17.0 Å². The lowest BCUT2D eigenvalue weighted by molar-refractivity contribution is 0.0686. The van der Waals surface area contributed by atoms with Crippen LogP contribution in [0, 0.1) is 5.92 Å². The largest absolute Gasteiger partial charge is 0.478 e. The van der Waals surface area contributed by atoms with Crippen LogP contribution in [-0.4, -0.2) is 41.2 Å². The number of aromatic carboxylic acids is 2. The zero-order valence-electron chi connectivity index (χ0n) is 18.6. The summed E-state index contributed by atoms with van der Waals surface area (Å²) in [4.78, 5) is 24.3. The number of carboxylic acid groups (broad SMARTS) is 2. The third kappa shape index (κ3) is 17.1. The standard InChI is InChI=1S/C10H22N4.2C7H6O2/c1-9(2)5-8-13-6-3-4-7-14-10(11)12;2*8-7(9)6-4-2-1-3-5-6/h5,8-9,13H,3-4,6-7H2,1-2H3,(H4,11,12,14);2*1-5H,(H,8,9)/b8-5+;;. The number of carbonyl (C=O) groups is 2. The second-order valence-electron chi connectivity index (χ2n) is 6.91. The summed E-state index contributed by atoms with van der Waals surface area (Å²) in [5, 5.41) is 20.0. The summed E-state index contributed by atoms with van der Waals surface area (Å²) in [6.45, 7) is 6.00. The highest BCUT2D eigenvalue weighted by molar-refractivity contribution is 5.87. The molecule has 2 aromatic rings. The molecule has 0 fully saturated rings. The fourth-order valence-corrected chi connectivity index (χ4v) is 2.05. The van der Waals surface area contributed by atoms with Gasteiger partial charge in [-0.1, -0.05) is 56.3 Å². The van der Waals surface area contributed by atoms with E-state index in [4.69, 9.17) is 21.7 Å². The molecule has 8 nitrogen and oxygen atoms in total. The molecule has 0 unspecified atom stereocenters. The number of hydrogen-bond donors (Lipinski definition) is 5. The molecule has 2 rings (SSSR count). The predicted octanol–water partition coefficient (Wildman–Crippen LogP) is 3.57. The second kappa shape index (κ2) is 18.0. The number of carboxylic acids is 2. The minimum Gasteiger partial charge on any atom is -0.478 e. The van der Waals surface area contributed by atoms with Crippen LogP contribution in [0.4, 0.5) is 0 Å². The molecule has 0 aromatic heterocycles. The first-order valence-electron chi connectivity index (χ1n) is 10.3. The molecule has 0 aliphatic heterocycles. The first-order valence-corrected chi connectivity index (χ1v) is 10.3. The number of benzene rings is 2. The van der Waals surface area contributed by atoms with Gasteiger partial charge in [0.25, 0.3) is 0 Å². The number of rotatable bonds is 9. The SMILES string of the molecule is CC(C)/C=C/NCCCCN=C(N)N.O=C(O)c1ccccc1.O=C(O)c1ccccc1. The molecule has 2 aromatic carbocycles. The Morgan fingerprint density at radius 2 is 1.38 bits per heavy atom. The molecule has 0 aliphatic carbocycles. The van der Waals surface area contributed by atoms with Crippen molar-refractivity contribution in [2.75, 3.05) is 13.1 Å². The van der Waals surface area contributed by atoms with Crippen LogP contribution in [0.25, 0.3) is 0 Å². The maximum Gasteiger partial charge on any atom is 0.335 e. The maximum atomic E-state index is 10.2. The van der Waals surface area contributed by atoms with Crippen LogP contribution in [0.15, 0.2) is 77.9 Å². The van der Waals surface area contributed by atoms with E-state index in [2.05, 4.69) is 30.2 Å². The molecular formula is C24H34N4O4. The van der Waals surface area contributed by atoms with Gasteiger partial charge < -0.3 is 27.0 Å². The summed E-state index contributed by atoms with van der Waals surface area (Å²) >= 11 is 0. The lowest BCUT2D eigenvalue weighted by Gasteiger charge is -2.00. The molecule has 0 atom stereocenters. The molecule has 7 N–H and O–H groups in total. The third-order valence-corrected chi connectivity index (χ3v) is 3.66. The van der Waals surface area contributed by atoms with E-state index in [-0.39, 0.29) is 5.96 Å². The molecule has 174 valence electrons. The third-order valence-electron chi connectivity index (χ3n) is 3.66. The molecule has 32 heavy (non-hydrogen) atoms. The highest BCUT2D eigenvalue weighted by Crippen LogP contribution is 1.97. The average Bonchev–Trinajstić information content (AvgIpc) is 2.77. The van der Waals surface area contributed by atoms with Gasteiger partial charge in [-0.15, -0.1) is 0 Å². The van der Waals surface area contributed by atoms with Crippen molar-refractivity contribution in [1.29, 1.82) is 0 Å². The van der Waals surface area contributed by atoms with Gasteiger partial charge in [0.05, 0.1) is 11.1 Å². The Hall–Kier alpha value is -3.81. The number of unbranched alkanes of at least 4 members (excludes halogenated alkanes) is 1. The van der Waals surface area contributed by atoms with Crippen molar-refractivity contribution in [2.24, 2.45) is 22.4 Å². The van der Waals surface area contributed by atoms with Gasteiger partial charge in [0.1, 0.15) is 0 Å². The molecule has 0 spiro atoms. The molecular weight excluding hydrogens is 408 g/mol. The highest BCUT2D eigenvalue weighted by atomic mass is 16.4. The Bertz CT molecular complexity index is 769. The number of nitrogens with one attached hydrogen (secondary N) is 1. The monoisotopic (exact) mass is 442 g/mol. The molecule has 0 saturated heterocycles. The van der Waals surface area contributed by atoms with Crippen molar-refractivity contribution in [2.45, 2.75) is 26.7 Å². The Morgan fingerprint density at radius 1 is 0.906 bits per heavy atom. The van der Waals surface area contributed by atoms with Crippen molar-refractivity contribution in [3.63, 3.8) is 0 Å². The quantitative estimate of drug-likeness (QED) is 0.226. The van der Waals surface area contributed by atoms with Gasteiger partial charge >= 0.3 is 11.9 Å². The van der Waals surface area contributed by atoms with Gasteiger partial charge in [0.15, 0.2) is 5.96 Å². The second-order valence-corrected chi connectivity index (χ2v) is 6.91. The van der Waals surface area contributed by atoms with Crippen molar-refractivity contribution in [1.82, 2.24) is 5.32 Å². The summed E-state index contributed by atoms with van der Waals surface area (Å²) in [6, 6.07) is 16.6. The average molecular weight is 443 g/mol. The Morgan fingerprint density at radius 3 is 1.72 bits per heavy atom. The lowest BCUT2D eigenvalue weighted by Crippen LogP contribution is -2.23. The minimum atomic E-state index is -0.879. The number of allylic oxidation sites excluding steroid dienone is 1. The topological polar surface area (TPSA) is 151 Å². The number of aliphatic imine (C=N–C) groups is 1. The van der Waals surface area contributed by atoms with Gasteiger partial charge in [-0.25, -0.2) is 9.59 Å². The summed E-state index contributed by atoms with van der Waals surface area (Å²) in [6.07, 6.45) is 6.24. The van der Waals surface area contributed by atoms with Crippen molar-refractivity contribution >= 4 is 17.9 Å². The molecule has 0 heterocycles. The van der Waals surface area contributed by atoms with Crippen LogP contribution < -0.4 is 16.8 Å². The zero-order valence-corrected chi connectivity index (χ0v) is 18.6. The maximum absolute atomic E-state index is 10.2. The molecule has 8 heteroatoms. The molecule has 0 aliphatic rings. The first kappa shape index (κ1) is 28.2. The lowest BCUT2D eigenvalue weighted by atomic mass is 10.2. The van der Waals surface area contributed by atoms with E-state index >= 15 is 0 Å². The number of nitrogens with two attached hydrogens (primary N) is 2. The first-order chi connectivity index (χ1) is 15.2. The molecule has 0 bridgehead atoms. The van der Waals surface area contributed by atoms with Crippen LogP contribution in [0.2, 0.25) is 0 Å². The Balaban J connectivity index is 0.000000466. The number of guanidine groups is 1. The van der Waals surface area contributed by atoms with E-state index in [1.54, 1.807) is 60.7 Å². The Kier molecular flexibility index (Phi) is 15.9. The summed E-state index contributed by atoms with van der Waals surface area (Å²) in [7, 11) is 0. The van der Waals surface area contributed by atoms with Crippen LogP contribution in [-0.2, 0) is 0 Å². The fraction of sp³-hybridized carbons (Fsp3) is 0.292. The van der Waals surface area contributed by atoms with Crippen molar-refractivity contribution < 1.29 is 19.8 Å². The van der Waals surface area contributed by atoms with E-state index < -0.39 is 11.9 Å². The van der Waals surface area contributed by atoms with Gasteiger partial charge in [-0.05, 0) is 49.2 Å². The smallest absolute Gasteiger partial charge is 0.335 e. The minimum absolute atomic E-state index is 0.178. The van der Waals surface area contributed by atoms with E-state index in [1.807, 2.05) is 6.20 Å². The number of hydrogen-bond acceptors (Lipinski definition) is 4. The van der Waals surface area contributed by atoms with Gasteiger partial charge in [0, 0.05) is 13.1 Å². The zero-order chi connectivity index (χ0) is 24.2. The van der Waals surface area contributed by atoms with E-state index in [0.717, 1.165) is 25.9 Å². The molecule has 0 saturated carbocycles. The normalized spacial score (nSPS) is 9.72. The van der Waals surface area contributed by atoms with Crippen LogP contribution in [0.1, 0.15) is 47.4 Å². The summed E-state index contributed by atoms with van der Waals surface area (Å²) in [5.41, 5.74) is 11.0. The van der Waals surface area contributed by atoms with E-state index in [9.17, 15) is 9.59 Å². The van der Waals surface area contributed by atoms with Gasteiger partial charge in [-0.3, -0.25) is 4.99 Å². The number of nitrogens with zero attached hydrogens (tertiary/aromatic N) is 1. The van der Waals surface area contributed by atoms with Crippen LogP contribution >= 0.6 is 0 Å². The summed E-state index contributed by atoms with van der Waals surface area (Å²) < 4.78 is 0. The van der Waals surface area contributed by atoms with Crippen molar-refractivity contribution in [3.05, 3.63) is 84.1 Å². The molecule has 0 radical (unpaired) electrons. The van der Waals surface area contributed by atoms with Gasteiger partial charge in [0.2, 0.25) is 0 Å². The van der Waals surface area contributed by atoms with Crippen LogP contribution in [0.3, 0.4) is 0 Å².